The molecule has 0 amide bonds. The van der Waals surface area contributed by atoms with Gasteiger partial charge >= 0.3 is 19.9 Å². The van der Waals surface area contributed by atoms with Crippen molar-refractivity contribution in [1.82, 2.24) is 0 Å². The first kappa shape index (κ1) is 40.1. The van der Waals surface area contributed by atoms with Crippen LogP contribution < -0.4 is 4.74 Å². The molecule has 47 heavy (non-hydrogen) atoms. The summed E-state index contributed by atoms with van der Waals surface area (Å²) in [5, 5.41) is -0.412. The van der Waals surface area contributed by atoms with E-state index in [1.807, 2.05) is 0 Å². The SMILES string of the molecule is CC(=O)SCCOC(=O)OCOP(=O)(OCOC(=O)OCCSC(C)=O)C(CC(Cc1ccccc1)Oc1ccccc1)S(=O)(=O)O. The fraction of sp³-hybridized carbons (Fsp3) is 0.429. The summed E-state index contributed by atoms with van der Waals surface area (Å²) in [7, 11) is -10.4. The molecule has 0 spiro atoms. The first-order valence-corrected chi connectivity index (χ1v) is 18.8. The van der Waals surface area contributed by atoms with Crippen molar-refractivity contribution < 1.29 is 69.4 Å². The van der Waals surface area contributed by atoms with Gasteiger partial charge in [0.05, 0.1) is 0 Å². The lowest BCUT2D eigenvalue weighted by Gasteiger charge is -2.28. The van der Waals surface area contributed by atoms with Crippen molar-refractivity contribution in [1.29, 1.82) is 0 Å². The van der Waals surface area contributed by atoms with Crippen LogP contribution in [0.1, 0.15) is 25.8 Å². The van der Waals surface area contributed by atoms with Crippen LogP contribution in [0.3, 0.4) is 0 Å². The van der Waals surface area contributed by atoms with Crippen LogP contribution in [0.25, 0.3) is 0 Å². The maximum absolute atomic E-state index is 14.0. The van der Waals surface area contributed by atoms with Crippen molar-refractivity contribution in [3.8, 4) is 5.75 Å². The molecule has 2 atom stereocenters. The van der Waals surface area contributed by atoms with E-state index in [2.05, 4.69) is 0 Å². The molecule has 19 heteroatoms. The van der Waals surface area contributed by atoms with E-state index in [0.29, 0.717) is 11.3 Å². The van der Waals surface area contributed by atoms with Gasteiger partial charge in [0.25, 0.3) is 10.1 Å². The zero-order chi connectivity index (χ0) is 34.7. The van der Waals surface area contributed by atoms with Crippen molar-refractivity contribution in [3.63, 3.8) is 0 Å². The Bertz CT molecular complexity index is 1360. The van der Waals surface area contributed by atoms with Gasteiger partial charge in [0.15, 0.2) is 15.2 Å². The molecule has 2 unspecified atom stereocenters. The molecule has 0 aliphatic heterocycles. The van der Waals surface area contributed by atoms with E-state index in [1.165, 1.54) is 13.8 Å². The fourth-order valence-corrected chi connectivity index (χ4v) is 7.92. The zero-order valence-corrected chi connectivity index (χ0v) is 28.8. The lowest BCUT2D eigenvalue weighted by molar-refractivity contribution is -0.109. The average molecular weight is 739 g/mol. The van der Waals surface area contributed by atoms with Crippen LogP contribution in [0.2, 0.25) is 0 Å². The van der Waals surface area contributed by atoms with Gasteiger partial charge in [0.1, 0.15) is 25.1 Å². The third kappa shape index (κ3) is 17.0. The van der Waals surface area contributed by atoms with E-state index in [9.17, 15) is 36.7 Å². The highest BCUT2D eigenvalue weighted by Crippen LogP contribution is 2.56. The molecule has 0 fully saturated rings. The summed E-state index contributed by atoms with van der Waals surface area (Å²) < 4.78 is 84.9. The zero-order valence-electron chi connectivity index (χ0n) is 25.4. The van der Waals surface area contributed by atoms with Crippen LogP contribution in [0.15, 0.2) is 60.7 Å². The number of thioether (sulfide) groups is 2. The third-order valence-electron chi connectivity index (χ3n) is 5.55. The maximum Gasteiger partial charge on any atom is 0.510 e. The molecule has 2 aromatic rings. The van der Waals surface area contributed by atoms with Gasteiger partial charge in [0.2, 0.25) is 13.6 Å². The first-order chi connectivity index (χ1) is 22.3. The summed E-state index contributed by atoms with van der Waals surface area (Å²) >= 11 is 1.78. The van der Waals surface area contributed by atoms with Gasteiger partial charge in [0, 0.05) is 38.2 Å². The van der Waals surface area contributed by atoms with E-state index in [4.69, 9.17) is 32.7 Å². The fourth-order valence-electron chi connectivity index (χ4n) is 3.58. The van der Waals surface area contributed by atoms with Crippen LogP contribution in [-0.2, 0) is 58.7 Å². The number of carbonyl (C=O) groups is 4. The van der Waals surface area contributed by atoms with E-state index in [-0.39, 0.29) is 41.4 Å². The van der Waals surface area contributed by atoms with Crippen molar-refractivity contribution in [3.05, 3.63) is 66.2 Å². The van der Waals surface area contributed by atoms with Gasteiger partial charge in [-0.05, 0) is 17.7 Å². The molecule has 0 aromatic heterocycles. The summed E-state index contributed by atoms with van der Waals surface area (Å²) in [6.07, 6.45) is -4.23. The normalized spacial score (nSPS) is 12.7. The minimum atomic E-state index is -5.26. The number of hydrogen-bond acceptors (Lipinski definition) is 16. The Labute approximate surface area is 280 Å². The second kappa shape index (κ2) is 21.0. The van der Waals surface area contributed by atoms with Gasteiger partial charge in [-0.25, -0.2) is 9.59 Å². The minimum Gasteiger partial charge on any atom is -0.490 e. The van der Waals surface area contributed by atoms with Crippen molar-refractivity contribution in [2.45, 2.75) is 37.8 Å². The van der Waals surface area contributed by atoms with Gasteiger partial charge in [-0.3, -0.25) is 27.8 Å². The summed E-state index contributed by atoms with van der Waals surface area (Å²) in [6.45, 7) is -0.124. The van der Waals surface area contributed by atoms with Crippen LogP contribution in [-0.4, -0.2) is 84.9 Å². The Kier molecular flexibility index (Phi) is 17.9. The van der Waals surface area contributed by atoms with Crippen LogP contribution in [0.4, 0.5) is 9.59 Å². The smallest absolute Gasteiger partial charge is 0.490 e. The molecule has 0 heterocycles. The maximum atomic E-state index is 14.0. The Morgan fingerprint density at radius 3 is 1.68 bits per heavy atom. The van der Waals surface area contributed by atoms with Crippen molar-refractivity contribution in [2.24, 2.45) is 0 Å². The van der Waals surface area contributed by atoms with E-state index >= 15 is 0 Å². The number of carbonyl (C=O) groups excluding carboxylic acids is 4. The Hall–Kier alpha value is -3.12. The molecular weight excluding hydrogens is 703 g/mol. The summed E-state index contributed by atoms with van der Waals surface area (Å²) in [5.41, 5.74) is 0.710. The van der Waals surface area contributed by atoms with E-state index < -0.39 is 61.1 Å². The van der Waals surface area contributed by atoms with Crippen LogP contribution in [0.5, 0.6) is 5.75 Å². The molecular formula is C28H35O15PS3. The van der Waals surface area contributed by atoms with Gasteiger partial charge < -0.3 is 23.7 Å². The highest BCUT2D eigenvalue weighted by molar-refractivity contribution is 8.13. The highest BCUT2D eigenvalue weighted by Gasteiger charge is 2.47. The molecule has 0 aliphatic rings. The van der Waals surface area contributed by atoms with Gasteiger partial charge in [-0.2, -0.15) is 8.42 Å². The van der Waals surface area contributed by atoms with E-state index in [1.54, 1.807) is 60.7 Å². The monoisotopic (exact) mass is 738 g/mol. The standard InChI is InChI=1S/C28H35O15PS3/c1-21(29)45-15-13-37-27(31)39-19-41-44(33,42-20-40-28(32)38-14-16-46-22(2)30)26(47(34,35)36)18-25(17-23-9-5-3-6-10-23)43-24-11-7-4-8-12-24/h3-12,25-26H,13-20H2,1-2H3,(H,34,35,36). The molecule has 0 radical (unpaired) electrons. The number of rotatable bonds is 20. The van der Waals surface area contributed by atoms with Crippen LogP contribution in [0, 0.1) is 0 Å². The van der Waals surface area contributed by atoms with Crippen LogP contribution >= 0.6 is 31.1 Å². The molecule has 15 nitrogen and oxygen atoms in total. The minimum absolute atomic E-state index is 0.0873. The molecule has 2 rings (SSSR count). The van der Waals surface area contributed by atoms with Crippen molar-refractivity contribution in [2.75, 3.05) is 38.3 Å². The molecule has 0 bridgehead atoms. The second-order valence-electron chi connectivity index (χ2n) is 9.15. The van der Waals surface area contributed by atoms with E-state index in [0.717, 1.165) is 23.5 Å². The Morgan fingerprint density at radius 1 is 0.766 bits per heavy atom. The summed E-state index contributed by atoms with van der Waals surface area (Å²) in [4.78, 5) is 43.6. The Morgan fingerprint density at radius 2 is 1.23 bits per heavy atom. The Balaban J connectivity index is 2.25. The highest BCUT2D eigenvalue weighted by atomic mass is 32.2. The quantitative estimate of drug-likeness (QED) is 0.0602. The molecule has 260 valence electrons. The number of para-hydroxylation sites is 1. The third-order valence-corrected chi connectivity index (χ3v) is 11.4. The lowest BCUT2D eigenvalue weighted by atomic mass is 10.1. The summed E-state index contributed by atoms with van der Waals surface area (Å²) in [6, 6.07) is 17.1. The molecule has 1 N–H and O–H groups in total. The number of hydrogen-bond donors (Lipinski definition) is 1. The lowest BCUT2D eigenvalue weighted by Crippen LogP contribution is -2.32. The number of benzene rings is 2. The predicted octanol–water partition coefficient (Wildman–Crippen LogP) is 5.29. The first-order valence-electron chi connectivity index (χ1n) is 13.7. The van der Waals surface area contributed by atoms with Gasteiger partial charge in [-0.15, -0.1) is 0 Å². The molecule has 0 saturated heterocycles. The molecule has 2 aromatic carbocycles. The largest absolute Gasteiger partial charge is 0.510 e. The predicted molar refractivity (Wildman–Crippen MR) is 172 cm³/mol. The molecule has 0 saturated carbocycles. The summed E-state index contributed by atoms with van der Waals surface area (Å²) in [5.74, 6) is 0.591. The van der Waals surface area contributed by atoms with Crippen molar-refractivity contribution >= 4 is 63.8 Å². The molecule has 0 aliphatic carbocycles. The number of ether oxygens (including phenoxy) is 5. The topological polar surface area (TPSA) is 204 Å². The second-order valence-corrected chi connectivity index (χ2v) is 15.9. The van der Waals surface area contributed by atoms with Gasteiger partial charge in [-0.1, -0.05) is 72.1 Å². The average Bonchev–Trinajstić information content (AvgIpc) is 3.00.